The summed E-state index contributed by atoms with van der Waals surface area (Å²) >= 11 is 6.11. The van der Waals surface area contributed by atoms with Gasteiger partial charge < -0.3 is 19.7 Å². The number of aryl methyl sites for hydroxylation is 1. The SMILES string of the molecule is COc1cc(C)c(S(=O)(=O)N2CCN(CCOCC(=O)NCC3CCC(C(c4ccc(Cl)cc4)N(C)C)CC3)CC2)c(C)c1C. The van der Waals surface area contributed by atoms with Crippen molar-refractivity contribution in [1.82, 2.24) is 19.4 Å². The second-order valence-electron chi connectivity index (χ2n) is 12.8. The summed E-state index contributed by atoms with van der Waals surface area (Å²) in [6.45, 7) is 9.45. The Bertz CT molecular complexity index is 1390. The summed E-state index contributed by atoms with van der Waals surface area (Å²) in [7, 11) is 2.27. The van der Waals surface area contributed by atoms with Gasteiger partial charge >= 0.3 is 0 Å². The molecule has 0 radical (unpaired) electrons. The van der Waals surface area contributed by atoms with Crippen molar-refractivity contribution in [2.45, 2.75) is 57.4 Å². The summed E-state index contributed by atoms with van der Waals surface area (Å²) < 4.78 is 39.7. The third kappa shape index (κ3) is 8.99. The second-order valence-corrected chi connectivity index (χ2v) is 15.1. The number of halogens is 1. The Kier molecular flexibility index (Phi) is 12.7. The lowest BCUT2D eigenvalue weighted by atomic mass is 9.76. The zero-order valence-corrected chi connectivity index (χ0v) is 29.3. The lowest BCUT2D eigenvalue weighted by Crippen LogP contribution is -2.49. The van der Waals surface area contributed by atoms with Gasteiger partial charge in [0.2, 0.25) is 15.9 Å². The maximum Gasteiger partial charge on any atom is 0.246 e. The molecule has 0 spiro atoms. The fourth-order valence-electron chi connectivity index (χ4n) is 6.98. The van der Waals surface area contributed by atoms with Gasteiger partial charge in [0.25, 0.3) is 0 Å². The molecule has 1 aliphatic heterocycles. The summed E-state index contributed by atoms with van der Waals surface area (Å²) in [5.74, 6) is 1.69. The topological polar surface area (TPSA) is 91.4 Å². The van der Waals surface area contributed by atoms with Crippen LogP contribution >= 0.6 is 11.6 Å². The van der Waals surface area contributed by atoms with Crippen LogP contribution in [0.2, 0.25) is 5.02 Å². The molecule has 45 heavy (non-hydrogen) atoms. The van der Waals surface area contributed by atoms with Gasteiger partial charge in [-0.2, -0.15) is 4.31 Å². The fourth-order valence-corrected chi connectivity index (χ4v) is 9.01. The normalized spacial score (nSPS) is 20.7. The minimum atomic E-state index is -3.61. The molecule has 2 fully saturated rings. The van der Waals surface area contributed by atoms with Crippen molar-refractivity contribution in [3.63, 3.8) is 0 Å². The van der Waals surface area contributed by atoms with Gasteiger partial charge in [-0.05, 0) is 113 Å². The largest absolute Gasteiger partial charge is 0.496 e. The van der Waals surface area contributed by atoms with Crippen molar-refractivity contribution in [3.8, 4) is 5.75 Å². The average molecular weight is 663 g/mol. The van der Waals surface area contributed by atoms with Crippen LogP contribution in [0.1, 0.15) is 54.0 Å². The number of nitrogens with zero attached hydrogens (tertiary/aromatic N) is 3. The van der Waals surface area contributed by atoms with Gasteiger partial charge in [0.15, 0.2) is 0 Å². The molecule has 2 aromatic carbocycles. The van der Waals surface area contributed by atoms with Crippen LogP contribution in [-0.4, -0.2) is 102 Å². The van der Waals surface area contributed by atoms with Crippen LogP contribution < -0.4 is 10.1 Å². The molecule has 0 aromatic heterocycles. The van der Waals surface area contributed by atoms with E-state index in [1.807, 2.05) is 32.9 Å². The molecule has 1 atom stereocenters. The predicted molar refractivity (Wildman–Crippen MR) is 180 cm³/mol. The Balaban J connectivity index is 1.13. The maximum atomic E-state index is 13.5. The molecule has 2 aliphatic rings. The van der Waals surface area contributed by atoms with Crippen LogP contribution in [0.3, 0.4) is 0 Å². The molecular formula is C34H51ClN4O5S. The Hall–Kier alpha value is -2.21. The Morgan fingerprint density at radius 1 is 1.02 bits per heavy atom. The third-order valence-corrected chi connectivity index (χ3v) is 12.0. The molecule has 2 aromatic rings. The summed E-state index contributed by atoms with van der Waals surface area (Å²) in [6.07, 6.45) is 4.47. The van der Waals surface area contributed by atoms with Gasteiger partial charge in [-0.25, -0.2) is 8.42 Å². The first-order valence-corrected chi connectivity index (χ1v) is 17.9. The van der Waals surface area contributed by atoms with Crippen molar-refractivity contribution in [3.05, 3.63) is 57.6 Å². The van der Waals surface area contributed by atoms with Gasteiger partial charge in [-0.1, -0.05) is 23.7 Å². The van der Waals surface area contributed by atoms with E-state index < -0.39 is 10.0 Å². The lowest BCUT2D eigenvalue weighted by Gasteiger charge is -2.37. The number of hydrogen-bond acceptors (Lipinski definition) is 7. The molecule has 250 valence electrons. The van der Waals surface area contributed by atoms with Gasteiger partial charge in [-0.15, -0.1) is 0 Å². The van der Waals surface area contributed by atoms with Crippen molar-refractivity contribution >= 4 is 27.5 Å². The molecule has 1 N–H and O–H groups in total. The summed E-state index contributed by atoms with van der Waals surface area (Å²) in [4.78, 5) is 17.3. The molecule has 1 saturated heterocycles. The van der Waals surface area contributed by atoms with Gasteiger partial charge in [0, 0.05) is 50.3 Å². The number of carbonyl (C=O) groups is 1. The van der Waals surface area contributed by atoms with E-state index in [4.69, 9.17) is 21.1 Å². The smallest absolute Gasteiger partial charge is 0.246 e. The van der Waals surface area contributed by atoms with Crippen molar-refractivity contribution in [2.24, 2.45) is 11.8 Å². The highest BCUT2D eigenvalue weighted by atomic mass is 35.5. The predicted octanol–water partition coefficient (Wildman–Crippen LogP) is 4.82. The highest BCUT2D eigenvalue weighted by molar-refractivity contribution is 7.89. The minimum Gasteiger partial charge on any atom is -0.496 e. The monoisotopic (exact) mass is 662 g/mol. The lowest BCUT2D eigenvalue weighted by molar-refractivity contribution is -0.126. The van der Waals surface area contributed by atoms with E-state index in [-0.39, 0.29) is 12.5 Å². The van der Waals surface area contributed by atoms with E-state index in [0.717, 1.165) is 41.8 Å². The number of ether oxygens (including phenoxy) is 2. The highest BCUT2D eigenvalue weighted by Crippen LogP contribution is 2.39. The molecule has 1 amide bonds. The van der Waals surface area contributed by atoms with Crippen LogP contribution in [0.15, 0.2) is 35.2 Å². The first kappa shape index (κ1) is 35.6. The van der Waals surface area contributed by atoms with E-state index in [9.17, 15) is 13.2 Å². The minimum absolute atomic E-state index is 0.0400. The summed E-state index contributed by atoms with van der Waals surface area (Å²) in [5, 5.41) is 3.83. The Morgan fingerprint density at radius 3 is 2.27 bits per heavy atom. The van der Waals surface area contributed by atoms with E-state index in [2.05, 4.69) is 41.3 Å². The molecule has 4 rings (SSSR count). The van der Waals surface area contributed by atoms with Gasteiger partial charge in [0.1, 0.15) is 12.4 Å². The van der Waals surface area contributed by atoms with E-state index in [0.29, 0.717) is 80.0 Å². The van der Waals surface area contributed by atoms with Crippen LogP contribution in [0.4, 0.5) is 0 Å². The molecule has 1 unspecified atom stereocenters. The number of sulfonamides is 1. The second kappa shape index (κ2) is 16.1. The number of piperazine rings is 1. The van der Waals surface area contributed by atoms with Crippen molar-refractivity contribution < 1.29 is 22.7 Å². The van der Waals surface area contributed by atoms with Crippen LogP contribution in [-0.2, 0) is 19.6 Å². The van der Waals surface area contributed by atoms with E-state index in [1.165, 1.54) is 5.56 Å². The number of nitrogens with one attached hydrogen (secondary N) is 1. The molecule has 1 saturated carbocycles. The molecule has 0 bridgehead atoms. The number of hydrogen-bond donors (Lipinski definition) is 1. The Labute approximate surface area is 275 Å². The van der Waals surface area contributed by atoms with Crippen LogP contribution in [0, 0.1) is 32.6 Å². The molecular weight excluding hydrogens is 612 g/mol. The van der Waals surface area contributed by atoms with E-state index in [1.54, 1.807) is 17.5 Å². The summed E-state index contributed by atoms with van der Waals surface area (Å²) in [6, 6.07) is 10.4. The van der Waals surface area contributed by atoms with Gasteiger partial charge in [-0.3, -0.25) is 9.69 Å². The first-order chi connectivity index (χ1) is 21.4. The molecule has 9 nitrogen and oxygen atoms in total. The zero-order valence-electron chi connectivity index (χ0n) is 27.8. The number of methoxy groups -OCH3 is 1. The third-order valence-electron chi connectivity index (χ3n) is 9.61. The first-order valence-electron chi connectivity index (χ1n) is 16.1. The average Bonchev–Trinajstić information content (AvgIpc) is 3.01. The number of amides is 1. The molecule has 1 heterocycles. The molecule has 11 heteroatoms. The van der Waals surface area contributed by atoms with Gasteiger partial charge in [0.05, 0.1) is 18.6 Å². The number of carbonyl (C=O) groups excluding carboxylic acids is 1. The highest BCUT2D eigenvalue weighted by Gasteiger charge is 2.32. The standard InChI is InChI=1S/C34H51ClN4O5S/c1-24-21-31(43-6)25(2)26(3)34(24)45(41,42)39-17-15-38(16-18-39)19-20-44-23-32(40)36-22-27-7-9-28(10-8-27)33(37(4)5)29-11-13-30(35)14-12-29/h11-14,21,27-28,33H,7-10,15-20,22-23H2,1-6H3,(H,36,40). The van der Waals surface area contributed by atoms with Crippen molar-refractivity contribution in [2.75, 3.05) is 73.7 Å². The molecule has 1 aliphatic carbocycles. The van der Waals surface area contributed by atoms with E-state index >= 15 is 0 Å². The zero-order chi connectivity index (χ0) is 32.7. The summed E-state index contributed by atoms with van der Waals surface area (Å²) in [5.41, 5.74) is 3.58. The van der Waals surface area contributed by atoms with Crippen molar-refractivity contribution in [1.29, 1.82) is 0 Å². The quantitative estimate of drug-likeness (QED) is 0.308. The Morgan fingerprint density at radius 2 is 1.67 bits per heavy atom. The van der Waals surface area contributed by atoms with Crippen LogP contribution in [0.25, 0.3) is 0 Å². The number of rotatable bonds is 13. The number of benzene rings is 2. The van der Waals surface area contributed by atoms with Crippen LogP contribution in [0.5, 0.6) is 5.75 Å². The fraction of sp³-hybridized carbons (Fsp3) is 0.618. The maximum absolute atomic E-state index is 13.5.